The molecular weight excluding hydrogens is 446 g/mol. The molecule has 5 N–H and O–H groups in total. The third kappa shape index (κ3) is 7.94. The van der Waals surface area contributed by atoms with Crippen LogP contribution < -0.4 is 16.0 Å². The van der Waals surface area contributed by atoms with Crippen LogP contribution in [0.5, 0.6) is 0 Å². The molecule has 35 heavy (non-hydrogen) atoms. The molecule has 11 heteroatoms. The van der Waals surface area contributed by atoms with Crippen LogP contribution in [0.4, 0.5) is 23.4 Å². The zero-order chi connectivity index (χ0) is 25.4. The molecule has 0 bridgehead atoms. The van der Waals surface area contributed by atoms with E-state index >= 15 is 0 Å². The van der Waals surface area contributed by atoms with Crippen molar-refractivity contribution >= 4 is 34.3 Å². The van der Waals surface area contributed by atoms with Gasteiger partial charge in [0, 0.05) is 37.3 Å². The molecule has 0 amide bonds. The fourth-order valence-corrected chi connectivity index (χ4v) is 3.64. The van der Waals surface area contributed by atoms with Crippen molar-refractivity contribution in [3.63, 3.8) is 0 Å². The predicted molar refractivity (Wildman–Crippen MR) is 139 cm³/mol. The number of aliphatic hydroxyl groups excluding tert-OH is 2. The first kappa shape index (κ1) is 26.5. The minimum Gasteiger partial charge on any atom is -0.392 e. The zero-order valence-corrected chi connectivity index (χ0v) is 21.2. The van der Waals surface area contributed by atoms with Gasteiger partial charge in [0.1, 0.15) is 11.3 Å². The number of nitrogens with one attached hydrogen (secondary N) is 3. The highest BCUT2D eigenvalue weighted by Crippen LogP contribution is 2.25. The number of aromatic nitrogens is 5. The maximum absolute atomic E-state index is 9.98. The first-order valence-electron chi connectivity index (χ1n) is 12.1. The fourth-order valence-electron chi connectivity index (χ4n) is 3.64. The average Bonchev–Trinajstić information content (AvgIpc) is 2.79. The van der Waals surface area contributed by atoms with Gasteiger partial charge in [-0.2, -0.15) is 0 Å². The second-order valence-corrected chi connectivity index (χ2v) is 9.01. The summed E-state index contributed by atoms with van der Waals surface area (Å²) in [6.45, 7) is 12.7. The van der Waals surface area contributed by atoms with Gasteiger partial charge in [-0.1, -0.05) is 6.92 Å². The van der Waals surface area contributed by atoms with E-state index in [-0.39, 0.29) is 12.1 Å². The Labute approximate surface area is 206 Å². The van der Waals surface area contributed by atoms with Gasteiger partial charge < -0.3 is 26.2 Å². The summed E-state index contributed by atoms with van der Waals surface area (Å²) in [4.78, 5) is 15.8. The van der Waals surface area contributed by atoms with Crippen LogP contribution in [0, 0.1) is 0 Å². The van der Waals surface area contributed by atoms with E-state index in [0.29, 0.717) is 47.7 Å². The first-order valence-corrected chi connectivity index (χ1v) is 12.1. The van der Waals surface area contributed by atoms with Crippen LogP contribution in [0.2, 0.25) is 0 Å². The second kappa shape index (κ2) is 12.5. The average molecular weight is 484 g/mol. The van der Waals surface area contributed by atoms with Gasteiger partial charge in [0.25, 0.3) is 0 Å². The largest absolute Gasteiger partial charge is 0.392 e. The first-order chi connectivity index (χ1) is 16.7. The maximum Gasteiger partial charge on any atom is 0.229 e. The lowest BCUT2D eigenvalue weighted by molar-refractivity contribution is 0.129. The minimum absolute atomic E-state index is 0.147. The summed E-state index contributed by atoms with van der Waals surface area (Å²) < 4.78 is 0. The molecule has 3 aromatic rings. The summed E-state index contributed by atoms with van der Waals surface area (Å²) in [5, 5.41) is 38.5. The van der Waals surface area contributed by atoms with Crippen molar-refractivity contribution in [3.05, 3.63) is 30.1 Å². The van der Waals surface area contributed by atoms with Crippen molar-refractivity contribution in [2.45, 2.75) is 59.3 Å². The maximum atomic E-state index is 9.98. The number of hydrogen-bond donors (Lipinski definition) is 5. The highest BCUT2D eigenvalue weighted by atomic mass is 16.3. The van der Waals surface area contributed by atoms with Gasteiger partial charge in [-0.25, -0.2) is 15.0 Å². The SMILES string of the molecule is CCCN(CCNc1ccc(Nc2ncc3cc([C@@H](C)O)nc(NC(C)C)c3n2)nn1)C[C@H](C)O. The van der Waals surface area contributed by atoms with Crippen LogP contribution in [-0.2, 0) is 0 Å². The van der Waals surface area contributed by atoms with Crippen LogP contribution in [-0.4, -0.2) is 78.6 Å². The zero-order valence-electron chi connectivity index (χ0n) is 21.2. The van der Waals surface area contributed by atoms with Crippen molar-refractivity contribution in [2.75, 3.05) is 42.1 Å². The van der Waals surface area contributed by atoms with Crippen LogP contribution in [0.15, 0.2) is 24.4 Å². The number of hydrogen-bond acceptors (Lipinski definition) is 11. The molecule has 0 aliphatic carbocycles. The van der Waals surface area contributed by atoms with Gasteiger partial charge in [-0.3, -0.25) is 4.90 Å². The number of nitrogens with zero attached hydrogens (tertiary/aromatic N) is 6. The molecule has 3 heterocycles. The summed E-state index contributed by atoms with van der Waals surface area (Å²) in [6, 6.07) is 5.59. The molecule has 0 fully saturated rings. The summed E-state index contributed by atoms with van der Waals surface area (Å²) in [5.74, 6) is 2.15. The van der Waals surface area contributed by atoms with Crippen molar-refractivity contribution in [3.8, 4) is 0 Å². The highest BCUT2D eigenvalue weighted by Gasteiger charge is 2.14. The van der Waals surface area contributed by atoms with E-state index in [1.54, 1.807) is 26.1 Å². The van der Waals surface area contributed by atoms with Gasteiger partial charge in [-0.15, -0.1) is 10.2 Å². The summed E-state index contributed by atoms with van der Waals surface area (Å²) in [5.41, 5.74) is 1.21. The molecule has 0 saturated carbocycles. The Morgan fingerprint density at radius 3 is 2.37 bits per heavy atom. The van der Waals surface area contributed by atoms with E-state index in [9.17, 15) is 10.2 Å². The Morgan fingerprint density at radius 1 is 1.00 bits per heavy atom. The number of pyridine rings is 1. The standard InChI is InChI=1S/C24H37N9O2/c1-6-10-33(14-16(4)34)11-9-25-20-7-8-21(32-31-20)29-24-26-13-18-12-19(17(5)35)28-23(22(18)30-24)27-15(2)3/h7-8,12-13,15-17,34-35H,6,9-11,14H2,1-5H3,(H,25,31)(H,27,28)(H,26,29,30,32)/t16-,17+/m0/s1. The normalized spacial score (nSPS) is 13.3. The molecule has 3 rings (SSSR count). The summed E-state index contributed by atoms with van der Waals surface area (Å²) in [6.07, 6.45) is 1.69. The van der Waals surface area contributed by atoms with E-state index in [0.717, 1.165) is 24.9 Å². The van der Waals surface area contributed by atoms with Gasteiger partial charge in [0.15, 0.2) is 11.6 Å². The molecular formula is C24H37N9O2. The monoisotopic (exact) mass is 483 g/mol. The van der Waals surface area contributed by atoms with Gasteiger partial charge in [0.2, 0.25) is 5.95 Å². The topological polar surface area (TPSA) is 144 Å². The number of anilines is 4. The lowest BCUT2D eigenvalue weighted by Crippen LogP contribution is -2.35. The molecule has 190 valence electrons. The molecule has 0 radical (unpaired) electrons. The third-order valence-electron chi connectivity index (χ3n) is 5.14. The predicted octanol–water partition coefficient (Wildman–Crippen LogP) is 2.94. The van der Waals surface area contributed by atoms with Crippen LogP contribution in [0.1, 0.15) is 52.8 Å². The van der Waals surface area contributed by atoms with Gasteiger partial charge >= 0.3 is 0 Å². The minimum atomic E-state index is -0.694. The van der Waals surface area contributed by atoms with Crippen molar-refractivity contribution < 1.29 is 10.2 Å². The summed E-state index contributed by atoms with van der Waals surface area (Å²) in [7, 11) is 0. The molecule has 3 aromatic heterocycles. The lowest BCUT2D eigenvalue weighted by Gasteiger charge is -2.23. The van der Waals surface area contributed by atoms with Gasteiger partial charge in [-0.05, 0) is 58.9 Å². The van der Waals surface area contributed by atoms with E-state index in [2.05, 4.69) is 52.9 Å². The molecule has 0 spiro atoms. The molecule has 0 aliphatic heterocycles. The van der Waals surface area contributed by atoms with Crippen LogP contribution in [0.3, 0.4) is 0 Å². The Morgan fingerprint density at radius 2 is 1.74 bits per heavy atom. The summed E-state index contributed by atoms with van der Waals surface area (Å²) >= 11 is 0. The number of fused-ring (bicyclic) bond motifs is 1. The quantitative estimate of drug-likeness (QED) is 0.245. The Kier molecular flexibility index (Phi) is 9.47. The van der Waals surface area contributed by atoms with Crippen molar-refractivity contribution in [1.29, 1.82) is 0 Å². The van der Waals surface area contributed by atoms with E-state index in [1.165, 1.54) is 0 Å². The second-order valence-electron chi connectivity index (χ2n) is 9.01. The van der Waals surface area contributed by atoms with Crippen molar-refractivity contribution in [1.82, 2.24) is 30.0 Å². The van der Waals surface area contributed by atoms with Gasteiger partial charge in [0.05, 0.1) is 17.9 Å². The number of rotatable bonds is 13. The van der Waals surface area contributed by atoms with Crippen LogP contribution in [0.25, 0.3) is 10.9 Å². The van der Waals surface area contributed by atoms with E-state index < -0.39 is 6.10 Å². The third-order valence-corrected chi connectivity index (χ3v) is 5.14. The molecule has 11 nitrogen and oxygen atoms in total. The molecule has 0 aromatic carbocycles. The molecule has 0 aliphatic rings. The molecule has 0 unspecified atom stereocenters. The van der Waals surface area contributed by atoms with Crippen LogP contribution >= 0.6 is 0 Å². The molecule has 2 atom stereocenters. The highest BCUT2D eigenvalue weighted by molar-refractivity contribution is 5.89. The smallest absolute Gasteiger partial charge is 0.229 e. The van der Waals surface area contributed by atoms with E-state index in [4.69, 9.17) is 0 Å². The number of aliphatic hydroxyl groups is 2. The van der Waals surface area contributed by atoms with Crippen molar-refractivity contribution in [2.24, 2.45) is 0 Å². The fraction of sp³-hybridized carbons (Fsp3) is 0.542. The Hall–Kier alpha value is -3.15. The Bertz CT molecular complexity index is 1070. The Balaban J connectivity index is 1.67. The molecule has 0 saturated heterocycles. The van der Waals surface area contributed by atoms with E-state index in [1.807, 2.05) is 26.0 Å². The lowest BCUT2D eigenvalue weighted by atomic mass is 10.2.